The van der Waals surface area contributed by atoms with Gasteiger partial charge in [-0.2, -0.15) is 0 Å². The second-order valence-electron chi connectivity index (χ2n) is 4.86. The second kappa shape index (κ2) is 6.54. The summed E-state index contributed by atoms with van der Waals surface area (Å²) in [7, 11) is 2.01. The number of benzene rings is 1. The van der Waals surface area contributed by atoms with Gasteiger partial charge in [-0.05, 0) is 12.1 Å². The van der Waals surface area contributed by atoms with Crippen LogP contribution >= 0.6 is 0 Å². The van der Waals surface area contributed by atoms with Crippen LogP contribution in [-0.4, -0.2) is 45.3 Å². The van der Waals surface area contributed by atoms with E-state index in [1.807, 2.05) is 37.4 Å². The van der Waals surface area contributed by atoms with E-state index in [-0.39, 0.29) is 17.9 Å². The first-order valence-electron chi connectivity index (χ1n) is 6.55. The molecule has 5 nitrogen and oxygen atoms in total. The summed E-state index contributed by atoms with van der Waals surface area (Å²) in [6.07, 6.45) is 0. The summed E-state index contributed by atoms with van der Waals surface area (Å²) in [4.78, 5) is 14.0. The monoisotopic (exact) mass is 263 g/mol. The molecule has 2 atom stereocenters. The van der Waals surface area contributed by atoms with Crippen molar-refractivity contribution >= 4 is 11.6 Å². The highest BCUT2D eigenvalue weighted by atomic mass is 16.5. The standard InChI is InChI=1S/C14H21N3O2/c1-17(11-5-3-2-4-6-11)8-7-16-14(18)12-9-19-10-13(12)15/h2-6,12-13H,7-10,15H2,1H3,(H,16,18). The second-order valence-corrected chi connectivity index (χ2v) is 4.86. The molecule has 104 valence electrons. The van der Waals surface area contributed by atoms with Crippen molar-refractivity contribution in [1.29, 1.82) is 0 Å². The van der Waals surface area contributed by atoms with Gasteiger partial charge in [-0.3, -0.25) is 4.79 Å². The number of para-hydroxylation sites is 1. The number of nitrogens with zero attached hydrogens (tertiary/aromatic N) is 1. The molecule has 19 heavy (non-hydrogen) atoms. The van der Waals surface area contributed by atoms with Crippen LogP contribution < -0.4 is 16.0 Å². The van der Waals surface area contributed by atoms with E-state index in [4.69, 9.17) is 10.5 Å². The molecule has 1 aromatic carbocycles. The summed E-state index contributed by atoms with van der Waals surface area (Å²) < 4.78 is 5.19. The molecule has 0 aliphatic carbocycles. The lowest BCUT2D eigenvalue weighted by Crippen LogP contribution is -2.43. The number of rotatable bonds is 5. The normalized spacial score (nSPS) is 22.2. The highest BCUT2D eigenvalue weighted by Crippen LogP contribution is 2.12. The zero-order valence-corrected chi connectivity index (χ0v) is 11.2. The smallest absolute Gasteiger partial charge is 0.227 e. The van der Waals surface area contributed by atoms with Crippen molar-refractivity contribution in [3.63, 3.8) is 0 Å². The molecule has 1 aliphatic rings. The van der Waals surface area contributed by atoms with Crippen LogP contribution in [0.4, 0.5) is 5.69 Å². The van der Waals surface area contributed by atoms with Gasteiger partial charge in [-0.25, -0.2) is 0 Å². The number of hydrogen-bond donors (Lipinski definition) is 2. The van der Waals surface area contributed by atoms with Crippen molar-refractivity contribution in [3.8, 4) is 0 Å². The zero-order chi connectivity index (χ0) is 13.7. The number of nitrogens with two attached hydrogens (primary N) is 1. The molecule has 1 heterocycles. The average Bonchev–Trinajstić information content (AvgIpc) is 2.86. The maximum absolute atomic E-state index is 11.9. The minimum atomic E-state index is -0.206. The van der Waals surface area contributed by atoms with E-state index in [0.29, 0.717) is 19.8 Å². The van der Waals surface area contributed by atoms with Crippen LogP contribution in [0, 0.1) is 5.92 Å². The number of carbonyl (C=O) groups excluding carboxylic acids is 1. The SMILES string of the molecule is CN(CCNC(=O)C1COCC1N)c1ccccc1. The van der Waals surface area contributed by atoms with Crippen LogP contribution in [0.2, 0.25) is 0 Å². The molecule has 0 radical (unpaired) electrons. The van der Waals surface area contributed by atoms with E-state index in [9.17, 15) is 4.79 Å². The largest absolute Gasteiger partial charge is 0.379 e. The van der Waals surface area contributed by atoms with Crippen molar-refractivity contribution in [2.45, 2.75) is 6.04 Å². The molecule has 0 saturated carbocycles. The first-order valence-corrected chi connectivity index (χ1v) is 6.55. The maximum Gasteiger partial charge on any atom is 0.227 e. The fourth-order valence-corrected chi connectivity index (χ4v) is 2.13. The highest BCUT2D eigenvalue weighted by Gasteiger charge is 2.30. The summed E-state index contributed by atoms with van der Waals surface area (Å²) in [5.41, 5.74) is 6.94. The van der Waals surface area contributed by atoms with Crippen molar-refractivity contribution in [2.24, 2.45) is 11.7 Å². The molecule has 1 aliphatic heterocycles. The molecule has 3 N–H and O–H groups in total. The molecule has 2 rings (SSSR count). The van der Waals surface area contributed by atoms with Gasteiger partial charge in [0.05, 0.1) is 19.1 Å². The number of anilines is 1. The number of amides is 1. The third-order valence-corrected chi connectivity index (χ3v) is 3.40. The fourth-order valence-electron chi connectivity index (χ4n) is 2.13. The van der Waals surface area contributed by atoms with Gasteiger partial charge in [0.15, 0.2) is 0 Å². The lowest BCUT2D eigenvalue weighted by molar-refractivity contribution is -0.125. The Balaban J connectivity index is 1.73. The molecular formula is C14H21N3O2. The van der Waals surface area contributed by atoms with E-state index < -0.39 is 0 Å². The van der Waals surface area contributed by atoms with Gasteiger partial charge >= 0.3 is 0 Å². The Labute approximate surface area is 113 Å². The van der Waals surface area contributed by atoms with Crippen LogP contribution in [0.5, 0.6) is 0 Å². The van der Waals surface area contributed by atoms with Crippen LogP contribution in [0.1, 0.15) is 0 Å². The lowest BCUT2D eigenvalue weighted by atomic mass is 10.0. The average molecular weight is 263 g/mol. The zero-order valence-electron chi connectivity index (χ0n) is 11.2. The van der Waals surface area contributed by atoms with E-state index >= 15 is 0 Å². The van der Waals surface area contributed by atoms with Crippen LogP contribution in [0.3, 0.4) is 0 Å². The quantitative estimate of drug-likeness (QED) is 0.797. The van der Waals surface area contributed by atoms with Crippen molar-refractivity contribution in [2.75, 3.05) is 38.3 Å². The van der Waals surface area contributed by atoms with E-state index in [0.717, 1.165) is 12.2 Å². The summed E-state index contributed by atoms with van der Waals surface area (Å²) in [6.45, 7) is 2.27. The predicted octanol–water partition coefficient (Wildman–Crippen LogP) is 0.213. The van der Waals surface area contributed by atoms with Gasteiger partial charge in [0.25, 0.3) is 0 Å². The minimum absolute atomic E-state index is 0.00791. The van der Waals surface area contributed by atoms with Gasteiger partial charge in [-0.1, -0.05) is 18.2 Å². The molecule has 5 heteroatoms. The summed E-state index contributed by atoms with van der Waals surface area (Å²) in [6, 6.07) is 9.90. The number of ether oxygens (including phenoxy) is 1. The first-order chi connectivity index (χ1) is 9.18. The Morgan fingerprint density at radius 1 is 1.42 bits per heavy atom. The molecule has 1 saturated heterocycles. The number of nitrogens with one attached hydrogen (secondary N) is 1. The Hall–Kier alpha value is -1.59. The Bertz CT molecular complexity index is 410. The number of carbonyl (C=O) groups is 1. The van der Waals surface area contributed by atoms with Crippen LogP contribution in [-0.2, 0) is 9.53 Å². The Kier molecular flexibility index (Phi) is 4.76. The lowest BCUT2D eigenvalue weighted by Gasteiger charge is -2.20. The van der Waals surface area contributed by atoms with Crippen molar-refractivity contribution in [1.82, 2.24) is 5.32 Å². The topological polar surface area (TPSA) is 67.6 Å². The van der Waals surface area contributed by atoms with Gasteiger partial charge in [0, 0.05) is 31.9 Å². The van der Waals surface area contributed by atoms with Crippen molar-refractivity contribution in [3.05, 3.63) is 30.3 Å². The van der Waals surface area contributed by atoms with Gasteiger partial charge < -0.3 is 20.7 Å². The van der Waals surface area contributed by atoms with E-state index in [2.05, 4.69) is 10.2 Å². The maximum atomic E-state index is 11.9. The molecule has 0 bridgehead atoms. The third kappa shape index (κ3) is 3.68. The third-order valence-electron chi connectivity index (χ3n) is 3.40. The molecule has 1 fully saturated rings. The van der Waals surface area contributed by atoms with Gasteiger partial charge in [0.1, 0.15) is 0 Å². The van der Waals surface area contributed by atoms with Crippen LogP contribution in [0.25, 0.3) is 0 Å². The Morgan fingerprint density at radius 3 is 2.79 bits per heavy atom. The number of likely N-dealkylation sites (N-methyl/N-ethyl adjacent to an activating group) is 1. The summed E-state index contributed by atoms with van der Waals surface area (Å²) in [5.74, 6) is -0.214. The Morgan fingerprint density at radius 2 is 2.16 bits per heavy atom. The number of hydrogen-bond acceptors (Lipinski definition) is 4. The predicted molar refractivity (Wildman–Crippen MR) is 75.0 cm³/mol. The van der Waals surface area contributed by atoms with Crippen molar-refractivity contribution < 1.29 is 9.53 Å². The molecule has 1 aromatic rings. The highest BCUT2D eigenvalue weighted by molar-refractivity contribution is 5.79. The molecule has 0 spiro atoms. The molecular weight excluding hydrogens is 242 g/mol. The van der Waals surface area contributed by atoms with Crippen LogP contribution in [0.15, 0.2) is 30.3 Å². The van der Waals surface area contributed by atoms with Gasteiger partial charge in [0.2, 0.25) is 5.91 Å². The molecule has 0 aromatic heterocycles. The van der Waals surface area contributed by atoms with Gasteiger partial charge in [-0.15, -0.1) is 0 Å². The summed E-state index contributed by atoms with van der Waals surface area (Å²) >= 11 is 0. The van der Waals surface area contributed by atoms with E-state index in [1.165, 1.54) is 0 Å². The summed E-state index contributed by atoms with van der Waals surface area (Å²) in [5, 5.41) is 2.92. The first kappa shape index (κ1) is 13.8. The van der Waals surface area contributed by atoms with E-state index in [1.54, 1.807) is 0 Å². The minimum Gasteiger partial charge on any atom is -0.379 e. The molecule has 2 unspecified atom stereocenters. The molecule has 1 amide bonds. The fraction of sp³-hybridized carbons (Fsp3) is 0.500.